The fourth-order valence-corrected chi connectivity index (χ4v) is 5.67. The molecule has 2 atom stereocenters. The molecule has 1 aromatic carbocycles. The molecule has 164 valence electrons. The first-order valence-electron chi connectivity index (χ1n) is 11.2. The molecule has 2 aliphatic heterocycles. The van der Waals surface area contributed by atoms with Gasteiger partial charge in [-0.2, -0.15) is 5.10 Å². The van der Waals surface area contributed by atoms with Crippen LogP contribution in [0.25, 0.3) is 10.9 Å². The van der Waals surface area contributed by atoms with Crippen LogP contribution in [0.15, 0.2) is 41.3 Å². The minimum absolute atomic E-state index is 0.173. The van der Waals surface area contributed by atoms with Gasteiger partial charge in [0.2, 0.25) is 0 Å². The van der Waals surface area contributed by atoms with Gasteiger partial charge in [0, 0.05) is 42.8 Å². The number of rotatable bonds is 5. The Morgan fingerprint density at radius 1 is 1.19 bits per heavy atom. The number of aliphatic hydroxyl groups is 1. The molecule has 3 aromatic rings. The molecule has 2 bridgehead atoms. The van der Waals surface area contributed by atoms with Crippen molar-refractivity contribution < 1.29 is 9.50 Å². The number of nitrogens with zero attached hydrogens (tertiary/aromatic N) is 4. The molecule has 6 nitrogen and oxygen atoms in total. The second kappa shape index (κ2) is 7.57. The zero-order valence-electron chi connectivity index (χ0n) is 18.1. The van der Waals surface area contributed by atoms with Crippen LogP contribution >= 0.6 is 0 Å². The fourth-order valence-electron chi connectivity index (χ4n) is 5.67. The van der Waals surface area contributed by atoms with Crippen molar-refractivity contribution in [2.75, 3.05) is 0 Å². The summed E-state index contributed by atoms with van der Waals surface area (Å²) in [6.07, 6.45) is 5.49. The number of hydrogen-bond acceptors (Lipinski definition) is 4. The number of halogens is 1. The Morgan fingerprint density at radius 3 is 2.65 bits per heavy atom. The molecule has 4 heterocycles. The largest absolute Gasteiger partial charge is 0.388 e. The van der Waals surface area contributed by atoms with E-state index < -0.39 is 5.60 Å². The maximum Gasteiger partial charge on any atom is 0.266 e. The summed E-state index contributed by atoms with van der Waals surface area (Å²) >= 11 is 0. The van der Waals surface area contributed by atoms with E-state index in [-0.39, 0.29) is 30.0 Å². The summed E-state index contributed by atoms with van der Waals surface area (Å²) in [5.74, 6) is -0.213. The minimum Gasteiger partial charge on any atom is -0.388 e. The van der Waals surface area contributed by atoms with Crippen molar-refractivity contribution in [2.45, 2.75) is 76.8 Å². The van der Waals surface area contributed by atoms with Crippen LogP contribution in [0.3, 0.4) is 0 Å². The summed E-state index contributed by atoms with van der Waals surface area (Å²) in [5.41, 5.74) is 1.81. The van der Waals surface area contributed by atoms with Gasteiger partial charge in [-0.05, 0) is 69.4 Å². The molecule has 0 aliphatic carbocycles. The molecule has 1 N–H and O–H groups in total. The molecule has 2 fully saturated rings. The molecule has 0 amide bonds. The quantitative estimate of drug-likeness (QED) is 0.683. The van der Waals surface area contributed by atoms with E-state index in [0.717, 1.165) is 42.5 Å². The van der Waals surface area contributed by atoms with Crippen molar-refractivity contribution in [3.63, 3.8) is 0 Å². The minimum atomic E-state index is -0.923. The van der Waals surface area contributed by atoms with Gasteiger partial charge in [-0.25, -0.2) is 9.07 Å². The number of aromatic nitrogens is 3. The molecule has 0 radical (unpaired) electrons. The van der Waals surface area contributed by atoms with Crippen LogP contribution < -0.4 is 5.56 Å². The molecule has 7 heteroatoms. The van der Waals surface area contributed by atoms with Crippen molar-refractivity contribution in [1.29, 1.82) is 0 Å². The molecule has 0 spiro atoms. The van der Waals surface area contributed by atoms with E-state index in [1.807, 2.05) is 13.0 Å². The van der Waals surface area contributed by atoms with E-state index in [1.165, 1.54) is 22.4 Å². The summed E-state index contributed by atoms with van der Waals surface area (Å²) in [6.45, 7) is 5.75. The maximum atomic E-state index is 13.8. The van der Waals surface area contributed by atoms with Crippen molar-refractivity contribution in [2.24, 2.45) is 0 Å². The van der Waals surface area contributed by atoms with E-state index in [9.17, 15) is 14.3 Å². The van der Waals surface area contributed by atoms with E-state index >= 15 is 0 Å². The molecule has 2 aromatic heterocycles. The van der Waals surface area contributed by atoms with Crippen LogP contribution in [0.5, 0.6) is 0 Å². The summed E-state index contributed by atoms with van der Waals surface area (Å²) in [6, 6.07) is 8.77. The third kappa shape index (κ3) is 3.70. The Labute approximate surface area is 180 Å². The third-order valence-electron chi connectivity index (χ3n) is 7.07. The van der Waals surface area contributed by atoms with Gasteiger partial charge in [0.1, 0.15) is 5.82 Å². The normalized spacial score (nSPS) is 26.1. The van der Waals surface area contributed by atoms with Gasteiger partial charge >= 0.3 is 0 Å². The topological polar surface area (TPSA) is 63.3 Å². The Bertz CT molecular complexity index is 1170. The highest BCUT2D eigenvalue weighted by molar-refractivity contribution is 5.84. The molecular weight excluding hydrogens is 395 g/mol. The predicted molar refractivity (Wildman–Crippen MR) is 117 cm³/mol. The average Bonchev–Trinajstić information content (AvgIpc) is 3.19. The third-order valence-corrected chi connectivity index (χ3v) is 7.07. The lowest BCUT2D eigenvalue weighted by molar-refractivity contribution is -0.0677. The van der Waals surface area contributed by atoms with Crippen LogP contribution in [0.2, 0.25) is 0 Å². The lowest BCUT2D eigenvalue weighted by Gasteiger charge is -2.43. The number of piperidine rings is 1. The average molecular weight is 425 g/mol. The molecule has 5 rings (SSSR count). The van der Waals surface area contributed by atoms with Crippen molar-refractivity contribution in [1.82, 2.24) is 19.2 Å². The van der Waals surface area contributed by atoms with E-state index in [2.05, 4.69) is 27.7 Å². The van der Waals surface area contributed by atoms with Gasteiger partial charge in [0.15, 0.2) is 0 Å². The number of hydrogen-bond donors (Lipinski definition) is 1. The zero-order chi connectivity index (χ0) is 21.8. The second-order valence-corrected chi connectivity index (χ2v) is 9.26. The first kappa shape index (κ1) is 20.4. The molecule has 0 saturated carbocycles. The van der Waals surface area contributed by atoms with Crippen molar-refractivity contribution in [3.05, 3.63) is 64.0 Å². The number of fused-ring (bicyclic) bond motifs is 3. The SMILES string of the molecule is CCn1cc(CN2[C@H]3CC[C@H]2CC(O)(Cn2nc(C)ccc2=O)C3)c2ccc(F)cc21. The summed E-state index contributed by atoms with van der Waals surface area (Å²) < 4.78 is 17.3. The Hall–Kier alpha value is -2.51. The molecule has 2 aliphatic rings. The van der Waals surface area contributed by atoms with Crippen LogP contribution in [-0.4, -0.2) is 42.0 Å². The van der Waals surface area contributed by atoms with Gasteiger partial charge < -0.3 is 9.67 Å². The summed E-state index contributed by atoms with van der Waals surface area (Å²) in [4.78, 5) is 14.7. The van der Waals surface area contributed by atoms with Gasteiger partial charge in [-0.3, -0.25) is 9.69 Å². The predicted octanol–water partition coefficient (Wildman–Crippen LogP) is 3.22. The van der Waals surface area contributed by atoms with Gasteiger partial charge in [-0.15, -0.1) is 0 Å². The highest BCUT2D eigenvalue weighted by atomic mass is 19.1. The lowest BCUT2D eigenvalue weighted by Crippen LogP contribution is -2.53. The smallest absolute Gasteiger partial charge is 0.266 e. The molecule has 2 saturated heterocycles. The van der Waals surface area contributed by atoms with Crippen LogP contribution in [0.4, 0.5) is 4.39 Å². The number of benzene rings is 1. The standard InChI is InChI=1S/C24H29FN4O2/c1-3-27-13-17(21-8-5-18(25)10-22(21)27)14-28-19-6-7-20(28)12-24(31,11-19)15-29-23(30)9-4-16(2)26-29/h4-5,8-10,13,19-20,31H,3,6-7,11-12,14-15H2,1-2H3/t19-,20-/m0/s1. The monoisotopic (exact) mass is 424 g/mol. The van der Waals surface area contributed by atoms with Crippen molar-refractivity contribution >= 4 is 10.9 Å². The summed E-state index contributed by atoms with van der Waals surface area (Å²) in [7, 11) is 0. The Balaban J connectivity index is 1.38. The van der Waals surface area contributed by atoms with Crippen LogP contribution in [0, 0.1) is 12.7 Å². The van der Waals surface area contributed by atoms with E-state index in [1.54, 1.807) is 12.1 Å². The van der Waals surface area contributed by atoms with Crippen molar-refractivity contribution in [3.8, 4) is 0 Å². The Kier molecular flexibility index (Phi) is 4.98. The first-order valence-corrected chi connectivity index (χ1v) is 11.2. The van der Waals surface area contributed by atoms with Gasteiger partial charge in [0.05, 0.1) is 23.4 Å². The Morgan fingerprint density at radius 2 is 1.94 bits per heavy atom. The van der Waals surface area contributed by atoms with E-state index in [0.29, 0.717) is 12.8 Å². The van der Waals surface area contributed by atoms with Crippen LogP contribution in [-0.2, 0) is 19.6 Å². The fraction of sp³-hybridized carbons (Fsp3) is 0.500. The lowest BCUT2D eigenvalue weighted by atomic mass is 9.85. The van der Waals surface area contributed by atoms with Gasteiger partial charge in [0.25, 0.3) is 5.56 Å². The van der Waals surface area contributed by atoms with Gasteiger partial charge in [-0.1, -0.05) is 0 Å². The maximum absolute atomic E-state index is 13.8. The molecular formula is C24H29FN4O2. The second-order valence-electron chi connectivity index (χ2n) is 9.26. The van der Waals surface area contributed by atoms with E-state index in [4.69, 9.17) is 0 Å². The highest BCUT2D eigenvalue weighted by Crippen LogP contribution is 2.42. The zero-order valence-corrected chi connectivity index (χ0v) is 18.1. The molecule has 0 unspecified atom stereocenters. The number of aryl methyl sites for hydroxylation is 2. The highest BCUT2D eigenvalue weighted by Gasteiger charge is 2.47. The summed E-state index contributed by atoms with van der Waals surface area (Å²) in [5, 5.41) is 16.8. The van der Waals surface area contributed by atoms with Crippen LogP contribution in [0.1, 0.15) is 43.9 Å². The first-order chi connectivity index (χ1) is 14.8. The molecule has 31 heavy (non-hydrogen) atoms.